The number of carbonyl (C=O) groups excluding carboxylic acids is 1. The van der Waals surface area contributed by atoms with Crippen LogP contribution in [0.25, 0.3) is 0 Å². The Hall–Kier alpha value is -1.95. The van der Waals surface area contributed by atoms with Crippen molar-refractivity contribution in [1.29, 1.82) is 0 Å². The number of allylic oxidation sites excluding steroid dienone is 1. The Morgan fingerprint density at radius 1 is 1.44 bits per heavy atom. The second-order valence-electron chi connectivity index (χ2n) is 3.10. The molecule has 0 spiro atoms. The number of hydrogen-bond donors (Lipinski definition) is 1. The maximum atomic E-state index is 12.6. The average Bonchev–Trinajstić information content (AvgIpc) is 2.40. The van der Waals surface area contributed by atoms with Crippen molar-refractivity contribution in [3.63, 3.8) is 0 Å². The highest BCUT2D eigenvalue weighted by molar-refractivity contribution is 6.19. The van der Waals surface area contributed by atoms with Crippen LogP contribution in [0.1, 0.15) is 0 Å². The van der Waals surface area contributed by atoms with E-state index in [1.54, 1.807) is 0 Å². The molecule has 1 rings (SSSR count). The van der Waals surface area contributed by atoms with Gasteiger partial charge in [-0.2, -0.15) is 5.11 Å². The minimum absolute atomic E-state index is 0.299. The Morgan fingerprint density at radius 3 is 2.56 bits per heavy atom. The summed E-state index contributed by atoms with van der Waals surface area (Å²) in [5.74, 6) is -2.03. The first kappa shape index (κ1) is 14.1. The van der Waals surface area contributed by atoms with Crippen LogP contribution >= 0.6 is 11.6 Å². The third-order valence-corrected chi connectivity index (χ3v) is 2.12. The Morgan fingerprint density at radius 2 is 2.06 bits per heavy atom. The topological polar surface area (TPSA) is 71.2 Å². The van der Waals surface area contributed by atoms with E-state index >= 15 is 0 Å². The summed E-state index contributed by atoms with van der Waals surface area (Å²) >= 11 is 5.38. The van der Waals surface area contributed by atoms with Gasteiger partial charge in [-0.05, 0) is 24.3 Å². The number of ether oxygens (including phenoxy) is 1. The van der Waals surface area contributed by atoms with Gasteiger partial charge in [0.15, 0.2) is 0 Å². The predicted octanol–water partition coefficient (Wildman–Crippen LogP) is 3.09. The van der Waals surface area contributed by atoms with E-state index in [0.717, 1.165) is 7.11 Å². The number of azo groups is 1. The number of esters is 1. The molecule has 18 heavy (non-hydrogen) atoms. The lowest BCUT2D eigenvalue weighted by Crippen LogP contribution is -2.06. The minimum atomic E-state index is -0.862. The van der Waals surface area contributed by atoms with Gasteiger partial charge in [-0.1, -0.05) is 0 Å². The molecule has 7 heteroatoms. The third-order valence-electron chi connectivity index (χ3n) is 1.87. The highest BCUT2D eigenvalue weighted by atomic mass is 35.5. The van der Waals surface area contributed by atoms with Gasteiger partial charge in [0.1, 0.15) is 11.6 Å². The number of aliphatic hydroxyl groups is 1. The molecule has 0 saturated heterocycles. The van der Waals surface area contributed by atoms with Crippen molar-refractivity contribution in [3.8, 4) is 0 Å². The number of aliphatic hydroxyl groups excluding tert-OH is 1. The molecule has 0 radical (unpaired) electrons. The number of hydrogen-bond acceptors (Lipinski definition) is 5. The predicted molar refractivity (Wildman–Crippen MR) is 63.3 cm³/mol. The Kier molecular flexibility index (Phi) is 5.26. The second kappa shape index (κ2) is 6.70. The van der Waals surface area contributed by atoms with Crippen LogP contribution in [-0.2, 0) is 9.53 Å². The first-order valence-corrected chi connectivity index (χ1v) is 5.35. The molecule has 0 aliphatic carbocycles. The molecule has 1 aromatic rings. The van der Waals surface area contributed by atoms with Gasteiger partial charge < -0.3 is 9.84 Å². The summed E-state index contributed by atoms with van der Waals surface area (Å²) in [6.45, 7) is 0. The van der Waals surface area contributed by atoms with Gasteiger partial charge in [-0.15, -0.1) is 16.7 Å². The number of halogens is 2. The molecular weight excluding hydrogens is 263 g/mol. The molecule has 5 nitrogen and oxygen atoms in total. The molecule has 0 atom stereocenters. The zero-order valence-corrected chi connectivity index (χ0v) is 10.2. The fraction of sp³-hybridized carbons (Fsp3) is 0.182. The van der Waals surface area contributed by atoms with Crippen molar-refractivity contribution in [2.45, 2.75) is 0 Å². The summed E-state index contributed by atoms with van der Waals surface area (Å²) in [4.78, 5) is 11.3. The molecule has 0 saturated carbocycles. The summed E-state index contributed by atoms with van der Waals surface area (Å²) in [5.41, 5.74) is -0.0722. The summed E-state index contributed by atoms with van der Waals surface area (Å²) in [5, 5.41) is 16.6. The van der Waals surface area contributed by atoms with Crippen LogP contribution < -0.4 is 0 Å². The summed E-state index contributed by atoms with van der Waals surface area (Å²) < 4.78 is 17.1. The van der Waals surface area contributed by atoms with Crippen LogP contribution in [0.15, 0.2) is 46.0 Å². The molecule has 0 fully saturated rings. The van der Waals surface area contributed by atoms with Crippen molar-refractivity contribution in [3.05, 3.63) is 41.5 Å². The van der Waals surface area contributed by atoms with Gasteiger partial charge in [-0.3, -0.25) is 0 Å². The van der Waals surface area contributed by atoms with Crippen molar-refractivity contribution in [2.24, 2.45) is 10.2 Å². The minimum Gasteiger partial charge on any atom is -0.508 e. The SMILES string of the molecule is COC(=O)/C(N=Nc1ccc(F)cc1)=C(\O)CCl. The van der Waals surface area contributed by atoms with Gasteiger partial charge in [-0.25, -0.2) is 9.18 Å². The molecule has 1 N–H and O–H groups in total. The van der Waals surface area contributed by atoms with Crippen molar-refractivity contribution in [2.75, 3.05) is 13.0 Å². The summed E-state index contributed by atoms with van der Waals surface area (Å²) in [6, 6.07) is 5.12. The molecule has 1 aromatic carbocycles. The van der Waals surface area contributed by atoms with Gasteiger partial charge in [0.2, 0.25) is 5.70 Å². The fourth-order valence-electron chi connectivity index (χ4n) is 0.992. The Labute approximate surface area is 108 Å². The summed E-state index contributed by atoms with van der Waals surface area (Å²) in [7, 11) is 1.14. The number of methoxy groups -OCH3 is 1. The molecule has 96 valence electrons. The van der Waals surface area contributed by atoms with E-state index < -0.39 is 23.2 Å². The number of rotatable bonds is 4. The van der Waals surface area contributed by atoms with E-state index in [1.165, 1.54) is 24.3 Å². The Balaban J connectivity index is 2.97. The normalized spacial score (nSPS) is 12.4. The quantitative estimate of drug-likeness (QED) is 0.301. The van der Waals surface area contributed by atoms with Gasteiger partial charge in [0.05, 0.1) is 18.7 Å². The average molecular weight is 273 g/mol. The molecular formula is C11H10ClFN2O3. The fourth-order valence-corrected chi connectivity index (χ4v) is 1.12. The van der Waals surface area contributed by atoms with Gasteiger partial charge in [0.25, 0.3) is 0 Å². The maximum Gasteiger partial charge on any atom is 0.362 e. The third kappa shape index (κ3) is 3.81. The van der Waals surface area contributed by atoms with Crippen molar-refractivity contribution in [1.82, 2.24) is 0 Å². The van der Waals surface area contributed by atoms with Crippen molar-refractivity contribution < 1.29 is 19.0 Å². The van der Waals surface area contributed by atoms with Crippen LogP contribution in [-0.4, -0.2) is 24.1 Å². The first-order chi connectivity index (χ1) is 8.58. The van der Waals surface area contributed by atoms with Crippen LogP contribution in [0.3, 0.4) is 0 Å². The first-order valence-electron chi connectivity index (χ1n) is 4.82. The lowest BCUT2D eigenvalue weighted by molar-refractivity contribution is -0.136. The highest BCUT2D eigenvalue weighted by Crippen LogP contribution is 2.16. The molecule has 0 unspecified atom stereocenters. The number of alkyl halides is 1. The van der Waals surface area contributed by atoms with E-state index in [-0.39, 0.29) is 5.88 Å². The van der Waals surface area contributed by atoms with E-state index in [0.29, 0.717) is 5.69 Å². The zero-order valence-electron chi connectivity index (χ0n) is 9.43. The number of benzene rings is 1. The molecule has 0 aromatic heterocycles. The summed E-state index contributed by atoms with van der Waals surface area (Å²) in [6.07, 6.45) is 0. The van der Waals surface area contributed by atoms with Gasteiger partial charge >= 0.3 is 5.97 Å². The van der Waals surface area contributed by atoms with E-state index in [4.69, 9.17) is 11.6 Å². The standard InChI is InChI=1S/C11H10ClFN2O3/c1-18-11(17)10(9(16)6-12)15-14-8-4-2-7(13)3-5-8/h2-5,16H,6H2,1H3/b10-9+,15-14?. The molecule has 0 aliphatic rings. The Bertz CT molecular complexity index is 486. The maximum absolute atomic E-state index is 12.6. The van der Waals surface area contributed by atoms with E-state index in [9.17, 15) is 14.3 Å². The van der Waals surface area contributed by atoms with Crippen LogP contribution in [0, 0.1) is 5.82 Å². The van der Waals surface area contributed by atoms with Crippen LogP contribution in [0.5, 0.6) is 0 Å². The van der Waals surface area contributed by atoms with E-state index in [1.807, 2.05) is 0 Å². The lowest BCUT2D eigenvalue weighted by Gasteiger charge is -2.00. The second-order valence-corrected chi connectivity index (χ2v) is 3.36. The zero-order chi connectivity index (χ0) is 13.5. The highest BCUT2D eigenvalue weighted by Gasteiger charge is 2.15. The number of nitrogens with zero attached hydrogens (tertiary/aromatic N) is 2. The largest absolute Gasteiger partial charge is 0.508 e. The van der Waals surface area contributed by atoms with Crippen LogP contribution in [0.4, 0.5) is 10.1 Å². The lowest BCUT2D eigenvalue weighted by atomic mass is 10.3. The molecule has 0 heterocycles. The number of carbonyl (C=O) groups is 1. The monoisotopic (exact) mass is 272 g/mol. The van der Waals surface area contributed by atoms with Crippen molar-refractivity contribution >= 4 is 23.3 Å². The smallest absolute Gasteiger partial charge is 0.362 e. The molecule has 0 bridgehead atoms. The molecule has 0 amide bonds. The van der Waals surface area contributed by atoms with Gasteiger partial charge in [0, 0.05) is 0 Å². The molecule has 0 aliphatic heterocycles. The van der Waals surface area contributed by atoms with E-state index in [2.05, 4.69) is 15.0 Å². The van der Waals surface area contributed by atoms with Crippen LogP contribution in [0.2, 0.25) is 0 Å².